The van der Waals surface area contributed by atoms with Gasteiger partial charge in [-0.25, -0.2) is 4.98 Å². The van der Waals surface area contributed by atoms with Gasteiger partial charge < -0.3 is 10.3 Å². The number of nitrogens with zero attached hydrogens (tertiary/aromatic N) is 2. The number of H-pyrrole nitrogens is 1. The van der Waals surface area contributed by atoms with Crippen molar-refractivity contribution in [3.63, 3.8) is 0 Å². The molecule has 4 heteroatoms. The number of aromatic nitrogens is 3. The van der Waals surface area contributed by atoms with Gasteiger partial charge in [-0.05, 0) is 19.1 Å². The van der Waals surface area contributed by atoms with Gasteiger partial charge in [0.15, 0.2) is 0 Å². The van der Waals surface area contributed by atoms with E-state index in [0.29, 0.717) is 0 Å². The van der Waals surface area contributed by atoms with Crippen molar-refractivity contribution in [2.24, 2.45) is 0 Å². The van der Waals surface area contributed by atoms with Crippen molar-refractivity contribution >= 4 is 5.70 Å². The molecule has 0 bridgehead atoms. The molecule has 0 fully saturated rings. The predicted molar refractivity (Wildman–Crippen MR) is 64.6 cm³/mol. The molecular weight excluding hydrogens is 200 g/mol. The maximum absolute atomic E-state index is 4.28. The van der Waals surface area contributed by atoms with E-state index in [-0.39, 0.29) is 0 Å². The first-order valence-electron chi connectivity index (χ1n) is 5.06. The Balaban J connectivity index is 2.44. The van der Waals surface area contributed by atoms with Gasteiger partial charge in [0, 0.05) is 24.5 Å². The largest absolute Gasteiger partial charge is 0.387 e. The van der Waals surface area contributed by atoms with Crippen molar-refractivity contribution < 1.29 is 0 Å². The molecule has 2 heterocycles. The molecule has 0 saturated heterocycles. The number of aryl methyl sites for hydroxylation is 1. The van der Waals surface area contributed by atoms with Crippen LogP contribution < -0.4 is 5.32 Å². The highest BCUT2D eigenvalue weighted by Gasteiger charge is 2.06. The van der Waals surface area contributed by atoms with Crippen LogP contribution in [0.15, 0.2) is 31.2 Å². The second kappa shape index (κ2) is 4.18. The fraction of sp³-hybridized carbons (Fsp3) is 0.167. The lowest BCUT2D eigenvalue weighted by Gasteiger charge is -2.05. The Bertz CT molecular complexity index is 513. The van der Waals surface area contributed by atoms with E-state index in [0.717, 1.165) is 28.3 Å². The molecule has 0 aliphatic carbocycles. The standard InChI is InChI=1S/C12H14N4/c1-8(13-3)11-6-10(4-5-14-11)12-9(2)15-7-16-12/h4-7,13H,1H2,2-3H3,(H,15,16). The van der Waals surface area contributed by atoms with Crippen LogP contribution >= 0.6 is 0 Å². The van der Waals surface area contributed by atoms with Crippen molar-refractivity contribution in [1.82, 2.24) is 20.3 Å². The van der Waals surface area contributed by atoms with Crippen LogP contribution in [0, 0.1) is 6.92 Å². The molecule has 2 aromatic heterocycles. The van der Waals surface area contributed by atoms with Crippen LogP contribution in [0.5, 0.6) is 0 Å². The summed E-state index contributed by atoms with van der Waals surface area (Å²) in [5, 5.41) is 2.98. The molecule has 0 spiro atoms. The van der Waals surface area contributed by atoms with Gasteiger partial charge in [0.1, 0.15) is 0 Å². The summed E-state index contributed by atoms with van der Waals surface area (Å²) in [6.45, 7) is 5.88. The van der Waals surface area contributed by atoms with E-state index in [2.05, 4.69) is 26.8 Å². The van der Waals surface area contributed by atoms with E-state index in [4.69, 9.17) is 0 Å². The van der Waals surface area contributed by atoms with Crippen LogP contribution in [-0.2, 0) is 0 Å². The van der Waals surface area contributed by atoms with Crippen LogP contribution in [0.2, 0.25) is 0 Å². The number of hydrogen-bond acceptors (Lipinski definition) is 3. The molecule has 0 aromatic carbocycles. The number of pyridine rings is 1. The third kappa shape index (κ3) is 1.82. The molecule has 82 valence electrons. The van der Waals surface area contributed by atoms with Gasteiger partial charge in [0.05, 0.1) is 23.4 Å². The molecule has 4 nitrogen and oxygen atoms in total. The minimum absolute atomic E-state index is 0.801. The highest BCUT2D eigenvalue weighted by atomic mass is 14.9. The Kier molecular flexibility index (Phi) is 2.72. The third-order valence-electron chi connectivity index (χ3n) is 2.47. The van der Waals surface area contributed by atoms with Gasteiger partial charge in [0.2, 0.25) is 0 Å². The Labute approximate surface area is 94.5 Å². The zero-order valence-corrected chi connectivity index (χ0v) is 9.41. The Hall–Kier alpha value is -2.10. The Morgan fingerprint density at radius 2 is 2.25 bits per heavy atom. The lowest BCUT2D eigenvalue weighted by molar-refractivity contribution is 1.10. The van der Waals surface area contributed by atoms with E-state index in [1.807, 2.05) is 26.1 Å². The van der Waals surface area contributed by atoms with Crippen molar-refractivity contribution in [3.05, 3.63) is 42.6 Å². The molecule has 0 aliphatic heterocycles. The summed E-state index contributed by atoms with van der Waals surface area (Å²) in [6.07, 6.45) is 3.46. The van der Waals surface area contributed by atoms with Crippen molar-refractivity contribution in [3.8, 4) is 11.3 Å². The van der Waals surface area contributed by atoms with Crippen LogP contribution in [-0.4, -0.2) is 22.0 Å². The average molecular weight is 214 g/mol. The van der Waals surface area contributed by atoms with Crippen molar-refractivity contribution in [2.45, 2.75) is 6.92 Å². The van der Waals surface area contributed by atoms with Crippen LogP contribution in [0.1, 0.15) is 11.4 Å². The van der Waals surface area contributed by atoms with Gasteiger partial charge in [-0.2, -0.15) is 0 Å². The molecular formula is C12H14N4. The van der Waals surface area contributed by atoms with Crippen LogP contribution in [0.25, 0.3) is 17.0 Å². The smallest absolute Gasteiger partial charge is 0.0929 e. The minimum atomic E-state index is 0.801. The first-order chi connectivity index (χ1) is 7.72. The molecule has 2 rings (SSSR count). The Morgan fingerprint density at radius 3 is 2.88 bits per heavy atom. The van der Waals surface area contributed by atoms with Gasteiger partial charge >= 0.3 is 0 Å². The first-order valence-corrected chi connectivity index (χ1v) is 5.06. The summed E-state index contributed by atoms with van der Waals surface area (Å²) in [7, 11) is 1.83. The molecule has 0 radical (unpaired) electrons. The molecule has 0 aliphatic rings. The lowest BCUT2D eigenvalue weighted by atomic mass is 10.1. The first kappa shape index (κ1) is 10.4. The van der Waals surface area contributed by atoms with E-state index in [9.17, 15) is 0 Å². The molecule has 16 heavy (non-hydrogen) atoms. The molecule has 0 saturated carbocycles. The minimum Gasteiger partial charge on any atom is -0.387 e. The number of rotatable bonds is 3. The average Bonchev–Trinajstić information content (AvgIpc) is 2.74. The third-order valence-corrected chi connectivity index (χ3v) is 2.47. The Morgan fingerprint density at radius 1 is 1.44 bits per heavy atom. The normalized spacial score (nSPS) is 10.1. The summed E-state index contributed by atoms with van der Waals surface area (Å²) in [5.74, 6) is 0. The highest BCUT2D eigenvalue weighted by molar-refractivity contribution is 5.67. The molecule has 2 aromatic rings. The fourth-order valence-corrected chi connectivity index (χ4v) is 1.52. The summed E-state index contributed by atoms with van der Waals surface area (Å²) < 4.78 is 0. The van der Waals surface area contributed by atoms with E-state index in [1.165, 1.54) is 0 Å². The molecule has 2 N–H and O–H groups in total. The molecule has 0 unspecified atom stereocenters. The summed E-state index contributed by atoms with van der Waals surface area (Å²) in [5.41, 5.74) is 4.68. The predicted octanol–water partition coefficient (Wildman–Crippen LogP) is 1.97. The van der Waals surface area contributed by atoms with Crippen molar-refractivity contribution in [1.29, 1.82) is 0 Å². The molecule has 0 amide bonds. The maximum atomic E-state index is 4.28. The lowest BCUT2D eigenvalue weighted by Crippen LogP contribution is -2.04. The fourth-order valence-electron chi connectivity index (χ4n) is 1.52. The summed E-state index contributed by atoms with van der Waals surface area (Å²) in [4.78, 5) is 11.6. The van der Waals surface area contributed by atoms with Crippen molar-refractivity contribution in [2.75, 3.05) is 7.05 Å². The number of nitrogens with one attached hydrogen (secondary N) is 2. The number of aromatic amines is 1. The topological polar surface area (TPSA) is 53.6 Å². The van der Waals surface area contributed by atoms with Gasteiger partial charge in [-0.3, -0.25) is 4.98 Å². The summed E-state index contributed by atoms with van der Waals surface area (Å²) >= 11 is 0. The SMILES string of the molecule is C=C(NC)c1cc(-c2nc[nH]c2C)ccn1. The highest BCUT2D eigenvalue weighted by Crippen LogP contribution is 2.21. The maximum Gasteiger partial charge on any atom is 0.0929 e. The quantitative estimate of drug-likeness (QED) is 0.821. The number of imidazole rings is 1. The van der Waals surface area contributed by atoms with E-state index >= 15 is 0 Å². The zero-order chi connectivity index (χ0) is 11.5. The second-order valence-electron chi connectivity index (χ2n) is 3.53. The number of hydrogen-bond donors (Lipinski definition) is 2. The van der Waals surface area contributed by atoms with E-state index in [1.54, 1.807) is 12.5 Å². The van der Waals surface area contributed by atoms with Crippen LogP contribution in [0.3, 0.4) is 0 Å². The monoisotopic (exact) mass is 214 g/mol. The molecule has 0 atom stereocenters. The van der Waals surface area contributed by atoms with Gasteiger partial charge in [-0.15, -0.1) is 0 Å². The summed E-state index contributed by atoms with van der Waals surface area (Å²) in [6, 6.07) is 3.91. The van der Waals surface area contributed by atoms with Crippen LogP contribution in [0.4, 0.5) is 0 Å². The van der Waals surface area contributed by atoms with E-state index < -0.39 is 0 Å². The van der Waals surface area contributed by atoms with Gasteiger partial charge in [-0.1, -0.05) is 6.58 Å². The zero-order valence-electron chi connectivity index (χ0n) is 9.41. The van der Waals surface area contributed by atoms with Gasteiger partial charge in [0.25, 0.3) is 0 Å². The second-order valence-corrected chi connectivity index (χ2v) is 3.53.